The standard InChI is InChI=1S/C15H19N3O/c1-18(15(19)10-17-9-12-5-6-12)11-14-4-2-3-13(7-14)8-16/h2-4,7,12,17H,5-6,9-11H2,1H3. The van der Waals surface area contributed by atoms with Crippen LogP contribution in [0.25, 0.3) is 0 Å². The minimum absolute atomic E-state index is 0.0861. The van der Waals surface area contributed by atoms with E-state index < -0.39 is 0 Å². The maximum Gasteiger partial charge on any atom is 0.236 e. The van der Waals surface area contributed by atoms with Crippen LogP contribution >= 0.6 is 0 Å². The topological polar surface area (TPSA) is 56.1 Å². The second kappa shape index (κ2) is 6.35. The monoisotopic (exact) mass is 257 g/mol. The lowest BCUT2D eigenvalue weighted by Gasteiger charge is -2.17. The third-order valence-corrected chi connectivity index (χ3v) is 3.31. The number of carbonyl (C=O) groups is 1. The van der Waals surface area contributed by atoms with Gasteiger partial charge in [-0.25, -0.2) is 0 Å². The average molecular weight is 257 g/mol. The van der Waals surface area contributed by atoms with Crippen LogP contribution in [0.4, 0.5) is 0 Å². The van der Waals surface area contributed by atoms with E-state index in [-0.39, 0.29) is 5.91 Å². The molecule has 1 aliphatic carbocycles. The van der Waals surface area contributed by atoms with E-state index in [0.717, 1.165) is 18.0 Å². The van der Waals surface area contributed by atoms with Gasteiger partial charge in [0.1, 0.15) is 0 Å². The molecular formula is C15H19N3O. The van der Waals surface area contributed by atoms with Gasteiger partial charge in [-0.15, -0.1) is 0 Å². The van der Waals surface area contributed by atoms with Gasteiger partial charge >= 0.3 is 0 Å². The van der Waals surface area contributed by atoms with Crippen LogP contribution in [0.5, 0.6) is 0 Å². The van der Waals surface area contributed by atoms with Gasteiger partial charge in [0.05, 0.1) is 18.2 Å². The van der Waals surface area contributed by atoms with Crippen molar-refractivity contribution in [2.75, 3.05) is 20.1 Å². The number of rotatable bonds is 6. The van der Waals surface area contributed by atoms with Gasteiger partial charge in [0.15, 0.2) is 0 Å². The number of nitriles is 1. The first-order valence-corrected chi connectivity index (χ1v) is 6.63. The Kier molecular flexibility index (Phi) is 4.53. The summed E-state index contributed by atoms with van der Waals surface area (Å²) < 4.78 is 0. The van der Waals surface area contributed by atoms with Gasteiger partial charge < -0.3 is 10.2 Å². The van der Waals surface area contributed by atoms with E-state index >= 15 is 0 Å². The van der Waals surface area contributed by atoms with E-state index in [1.807, 2.05) is 18.2 Å². The number of likely N-dealkylation sites (N-methyl/N-ethyl adjacent to an activating group) is 1. The van der Waals surface area contributed by atoms with Gasteiger partial charge in [0.2, 0.25) is 5.91 Å². The summed E-state index contributed by atoms with van der Waals surface area (Å²) in [5.41, 5.74) is 1.61. The number of benzene rings is 1. The predicted octanol–water partition coefficient (Wildman–Crippen LogP) is 1.52. The Morgan fingerprint density at radius 2 is 2.32 bits per heavy atom. The molecule has 0 aromatic heterocycles. The molecule has 2 rings (SSSR count). The SMILES string of the molecule is CN(Cc1cccc(C#N)c1)C(=O)CNCC1CC1. The Balaban J connectivity index is 1.79. The molecule has 0 atom stereocenters. The van der Waals surface area contributed by atoms with Crippen LogP contribution in [0.15, 0.2) is 24.3 Å². The number of nitrogens with one attached hydrogen (secondary N) is 1. The molecule has 1 aromatic rings. The second-order valence-corrected chi connectivity index (χ2v) is 5.14. The number of amides is 1. The van der Waals surface area contributed by atoms with Gasteiger partial charge in [-0.05, 0) is 43.0 Å². The molecular weight excluding hydrogens is 238 g/mol. The van der Waals surface area contributed by atoms with Crippen molar-refractivity contribution >= 4 is 5.91 Å². The Bertz CT molecular complexity index is 488. The molecule has 100 valence electrons. The molecule has 0 aliphatic heterocycles. The quantitative estimate of drug-likeness (QED) is 0.840. The first-order valence-electron chi connectivity index (χ1n) is 6.63. The molecule has 0 bridgehead atoms. The van der Waals surface area contributed by atoms with Crippen LogP contribution in [0.2, 0.25) is 0 Å². The molecule has 4 nitrogen and oxygen atoms in total. The lowest BCUT2D eigenvalue weighted by molar-refractivity contribution is -0.129. The zero-order chi connectivity index (χ0) is 13.7. The van der Waals surface area contributed by atoms with Crippen molar-refractivity contribution in [2.24, 2.45) is 5.92 Å². The average Bonchev–Trinajstić information content (AvgIpc) is 3.23. The fourth-order valence-corrected chi connectivity index (χ4v) is 1.94. The van der Waals surface area contributed by atoms with Crippen LogP contribution < -0.4 is 5.32 Å². The molecule has 1 aromatic carbocycles. The maximum absolute atomic E-state index is 11.9. The normalized spacial score (nSPS) is 13.9. The minimum Gasteiger partial charge on any atom is -0.340 e. The van der Waals surface area contributed by atoms with Gasteiger partial charge in [-0.1, -0.05) is 12.1 Å². The van der Waals surface area contributed by atoms with E-state index in [2.05, 4.69) is 11.4 Å². The van der Waals surface area contributed by atoms with Crippen LogP contribution in [-0.2, 0) is 11.3 Å². The highest BCUT2D eigenvalue weighted by Gasteiger charge is 2.21. The molecule has 0 heterocycles. The highest BCUT2D eigenvalue weighted by atomic mass is 16.2. The van der Waals surface area contributed by atoms with Crippen molar-refractivity contribution in [1.29, 1.82) is 5.26 Å². The Hall–Kier alpha value is -1.86. The summed E-state index contributed by atoms with van der Waals surface area (Å²) in [5, 5.41) is 12.0. The summed E-state index contributed by atoms with van der Waals surface area (Å²) in [6.45, 7) is 1.88. The lowest BCUT2D eigenvalue weighted by atomic mass is 10.1. The van der Waals surface area contributed by atoms with Gasteiger partial charge in [0.25, 0.3) is 0 Å². The predicted molar refractivity (Wildman–Crippen MR) is 73.2 cm³/mol. The summed E-state index contributed by atoms with van der Waals surface area (Å²) in [7, 11) is 1.79. The lowest BCUT2D eigenvalue weighted by Crippen LogP contribution is -2.35. The minimum atomic E-state index is 0.0861. The molecule has 1 aliphatic rings. The van der Waals surface area contributed by atoms with E-state index in [0.29, 0.717) is 18.7 Å². The molecule has 0 radical (unpaired) electrons. The molecule has 0 saturated heterocycles. The molecule has 1 fully saturated rings. The van der Waals surface area contributed by atoms with Crippen LogP contribution in [-0.4, -0.2) is 30.9 Å². The zero-order valence-electron chi connectivity index (χ0n) is 11.2. The van der Waals surface area contributed by atoms with Crippen molar-refractivity contribution in [3.8, 4) is 6.07 Å². The van der Waals surface area contributed by atoms with Crippen molar-refractivity contribution in [2.45, 2.75) is 19.4 Å². The fraction of sp³-hybridized carbons (Fsp3) is 0.467. The highest BCUT2D eigenvalue weighted by molar-refractivity contribution is 5.77. The van der Waals surface area contributed by atoms with E-state index in [1.54, 1.807) is 18.0 Å². The van der Waals surface area contributed by atoms with E-state index in [9.17, 15) is 4.79 Å². The Labute approximate surface area is 114 Å². The first kappa shape index (κ1) is 13.6. The largest absolute Gasteiger partial charge is 0.340 e. The third-order valence-electron chi connectivity index (χ3n) is 3.31. The van der Waals surface area contributed by atoms with Crippen molar-refractivity contribution in [1.82, 2.24) is 10.2 Å². The fourth-order valence-electron chi connectivity index (χ4n) is 1.94. The summed E-state index contributed by atoms with van der Waals surface area (Å²) >= 11 is 0. The Morgan fingerprint density at radius 1 is 1.53 bits per heavy atom. The maximum atomic E-state index is 11.9. The molecule has 0 unspecified atom stereocenters. The summed E-state index contributed by atoms with van der Waals surface area (Å²) in [5.74, 6) is 0.869. The molecule has 0 spiro atoms. The van der Waals surface area contributed by atoms with Crippen LogP contribution in [0, 0.1) is 17.2 Å². The van der Waals surface area contributed by atoms with Gasteiger partial charge in [-0.3, -0.25) is 4.79 Å². The number of hydrogen-bond acceptors (Lipinski definition) is 3. The van der Waals surface area contributed by atoms with E-state index in [4.69, 9.17) is 5.26 Å². The van der Waals surface area contributed by atoms with Gasteiger partial charge in [0, 0.05) is 13.6 Å². The number of carbonyl (C=O) groups excluding carboxylic acids is 1. The highest BCUT2D eigenvalue weighted by Crippen LogP contribution is 2.27. The van der Waals surface area contributed by atoms with Crippen LogP contribution in [0.3, 0.4) is 0 Å². The van der Waals surface area contributed by atoms with E-state index in [1.165, 1.54) is 12.8 Å². The molecule has 19 heavy (non-hydrogen) atoms. The van der Waals surface area contributed by atoms with Crippen LogP contribution in [0.1, 0.15) is 24.0 Å². The second-order valence-electron chi connectivity index (χ2n) is 5.14. The van der Waals surface area contributed by atoms with Crippen molar-refractivity contribution in [3.05, 3.63) is 35.4 Å². The Morgan fingerprint density at radius 3 is 3.00 bits per heavy atom. The first-order chi connectivity index (χ1) is 9.19. The molecule has 1 N–H and O–H groups in total. The summed E-state index contributed by atoms with van der Waals surface area (Å²) in [6.07, 6.45) is 2.58. The number of hydrogen-bond donors (Lipinski definition) is 1. The zero-order valence-corrected chi connectivity index (χ0v) is 11.2. The van der Waals surface area contributed by atoms with Gasteiger partial charge in [-0.2, -0.15) is 5.26 Å². The van der Waals surface area contributed by atoms with Crippen molar-refractivity contribution in [3.63, 3.8) is 0 Å². The molecule has 4 heteroatoms. The molecule has 1 saturated carbocycles. The summed E-state index contributed by atoms with van der Waals surface area (Å²) in [4.78, 5) is 13.6. The van der Waals surface area contributed by atoms with Crippen molar-refractivity contribution < 1.29 is 4.79 Å². The number of nitrogens with zero attached hydrogens (tertiary/aromatic N) is 2. The molecule has 1 amide bonds. The third kappa shape index (κ3) is 4.38. The smallest absolute Gasteiger partial charge is 0.236 e. The summed E-state index contributed by atoms with van der Waals surface area (Å²) in [6, 6.07) is 9.47.